The lowest BCUT2D eigenvalue weighted by Crippen LogP contribution is -2.55. The van der Waals surface area contributed by atoms with Crippen LogP contribution < -0.4 is 10.2 Å². The van der Waals surface area contributed by atoms with Crippen molar-refractivity contribution in [2.24, 2.45) is 0 Å². The Balaban J connectivity index is 1.53. The van der Waals surface area contributed by atoms with Gasteiger partial charge in [-0.15, -0.1) is 0 Å². The number of aromatic nitrogens is 1. The third-order valence-electron chi connectivity index (χ3n) is 5.61. The van der Waals surface area contributed by atoms with Crippen LogP contribution in [0.5, 0.6) is 0 Å². The van der Waals surface area contributed by atoms with E-state index in [4.69, 9.17) is 9.84 Å². The van der Waals surface area contributed by atoms with Crippen LogP contribution in [0.1, 0.15) is 12.5 Å². The van der Waals surface area contributed by atoms with Gasteiger partial charge in [0.05, 0.1) is 36.3 Å². The Morgan fingerprint density at radius 2 is 2.10 bits per heavy atom. The Bertz CT molecular complexity index is 1060. The minimum absolute atomic E-state index is 0.0971. The summed E-state index contributed by atoms with van der Waals surface area (Å²) < 4.78 is 20.0. The van der Waals surface area contributed by atoms with Crippen molar-refractivity contribution in [1.29, 1.82) is 5.26 Å². The van der Waals surface area contributed by atoms with E-state index >= 15 is 0 Å². The molecular weight excluding hydrogens is 405 g/mol. The van der Waals surface area contributed by atoms with E-state index in [1.165, 1.54) is 0 Å². The number of morpholine rings is 1. The van der Waals surface area contributed by atoms with Crippen LogP contribution in [0, 0.1) is 11.3 Å². The summed E-state index contributed by atoms with van der Waals surface area (Å²) in [6, 6.07) is 8.43. The van der Waals surface area contributed by atoms with Gasteiger partial charge in [-0.2, -0.15) is 5.26 Å². The second-order valence-electron chi connectivity index (χ2n) is 7.80. The zero-order chi connectivity index (χ0) is 22.1. The standard InChI is InChI=1S/C21H22FN5O4/c1-12-8-26(17-5-4-13(7-23)19-14(17)3-2-6-24-19)11-18(31-12)20(28)25-16-10-27(21(29)30)9-15(16)22/h2-6,12,15-16,18H,8-11H2,1H3,(H,25,28)(H,29,30)/t12-,15?,16?,18-/m1/s1. The molecule has 2 aromatic rings. The predicted octanol–water partition coefficient (Wildman–Crippen LogP) is 1.52. The van der Waals surface area contributed by atoms with Crippen molar-refractivity contribution < 1.29 is 23.8 Å². The van der Waals surface area contributed by atoms with Crippen LogP contribution in [-0.2, 0) is 9.53 Å². The minimum atomic E-state index is -1.47. The maximum atomic E-state index is 14.2. The van der Waals surface area contributed by atoms with Gasteiger partial charge in [0, 0.05) is 30.4 Å². The van der Waals surface area contributed by atoms with E-state index in [9.17, 15) is 19.2 Å². The van der Waals surface area contributed by atoms with E-state index in [-0.39, 0.29) is 25.7 Å². The minimum Gasteiger partial charge on any atom is -0.465 e. The van der Waals surface area contributed by atoms with Gasteiger partial charge in [0.2, 0.25) is 0 Å². The fourth-order valence-electron chi connectivity index (χ4n) is 4.15. The maximum Gasteiger partial charge on any atom is 0.407 e. The van der Waals surface area contributed by atoms with Gasteiger partial charge in [-0.25, -0.2) is 9.18 Å². The monoisotopic (exact) mass is 427 g/mol. The van der Waals surface area contributed by atoms with Gasteiger partial charge >= 0.3 is 6.09 Å². The first kappa shape index (κ1) is 20.8. The Morgan fingerprint density at radius 1 is 1.29 bits per heavy atom. The summed E-state index contributed by atoms with van der Waals surface area (Å²) in [7, 11) is 0. The molecule has 2 aliphatic heterocycles. The summed E-state index contributed by atoms with van der Waals surface area (Å²) in [6.07, 6.45) is -2.18. The van der Waals surface area contributed by atoms with E-state index in [1.54, 1.807) is 18.3 Å². The molecule has 0 spiro atoms. The molecule has 0 radical (unpaired) electrons. The predicted molar refractivity (Wildman–Crippen MR) is 109 cm³/mol. The SMILES string of the molecule is C[C@@H]1CN(c2ccc(C#N)c3ncccc23)C[C@H](C(=O)NC2CN(C(=O)O)CC2F)O1. The Morgan fingerprint density at radius 3 is 2.81 bits per heavy atom. The van der Waals surface area contributed by atoms with Crippen molar-refractivity contribution in [2.75, 3.05) is 31.1 Å². The van der Waals surface area contributed by atoms with Gasteiger partial charge in [0.1, 0.15) is 12.2 Å². The molecule has 2 aliphatic rings. The van der Waals surface area contributed by atoms with E-state index < -0.39 is 30.3 Å². The number of anilines is 1. The number of nitriles is 1. The summed E-state index contributed by atoms with van der Waals surface area (Å²) in [4.78, 5) is 31.1. The number of carbonyl (C=O) groups is 2. The zero-order valence-electron chi connectivity index (χ0n) is 16.9. The average molecular weight is 427 g/mol. The summed E-state index contributed by atoms with van der Waals surface area (Å²) in [5.41, 5.74) is 1.88. The number of benzene rings is 1. The molecule has 1 aromatic carbocycles. The summed E-state index contributed by atoms with van der Waals surface area (Å²) in [6.45, 7) is 2.24. The smallest absolute Gasteiger partial charge is 0.407 e. The van der Waals surface area contributed by atoms with Crippen LogP contribution in [0.2, 0.25) is 0 Å². The van der Waals surface area contributed by atoms with E-state index in [0.717, 1.165) is 16.0 Å². The van der Waals surface area contributed by atoms with Crippen LogP contribution in [0.15, 0.2) is 30.5 Å². The number of rotatable bonds is 3. The molecule has 1 aromatic heterocycles. The molecule has 2 fully saturated rings. The van der Waals surface area contributed by atoms with E-state index in [1.807, 2.05) is 24.0 Å². The van der Waals surface area contributed by atoms with Gasteiger partial charge in [-0.05, 0) is 31.2 Å². The lowest BCUT2D eigenvalue weighted by Gasteiger charge is -2.38. The van der Waals surface area contributed by atoms with Crippen LogP contribution in [-0.4, -0.2) is 77.6 Å². The second-order valence-corrected chi connectivity index (χ2v) is 7.80. The molecule has 10 heteroatoms. The van der Waals surface area contributed by atoms with Gasteiger partial charge in [-0.3, -0.25) is 9.78 Å². The number of hydrogen-bond donors (Lipinski definition) is 2. The van der Waals surface area contributed by atoms with Crippen LogP contribution >= 0.6 is 0 Å². The molecule has 3 heterocycles. The number of fused-ring (bicyclic) bond motifs is 1. The molecule has 4 atom stereocenters. The third-order valence-corrected chi connectivity index (χ3v) is 5.61. The van der Waals surface area contributed by atoms with Crippen molar-refractivity contribution >= 4 is 28.6 Å². The van der Waals surface area contributed by atoms with E-state index in [0.29, 0.717) is 17.6 Å². The van der Waals surface area contributed by atoms with Gasteiger partial charge in [0.25, 0.3) is 5.91 Å². The molecule has 4 rings (SSSR count). The van der Waals surface area contributed by atoms with Gasteiger partial charge in [0.15, 0.2) is 6.10 Å². The van der Waals surface area contributed by atoms with E-state index in [2.05, 4.69) is 16.4 Å². The number of likely N-dealkylation sites (tertiary alicyclic amines) is 1. The van der Waals surface area contributed by atoms with Crippen molar-refractivity contribution in [3.8, 4) is 6.07 Å². The number of carboxylic acid groups (broad SMARTS) is 1. The van der Waals surface area contributed by atoms with Gasteiger partial charge in [-0.1, -0.05) is 0 Å². The number of amides is 2. The highest BCUT2D eigenvalue weighted by Gasteiger charge is 2.39. The molecule has 0 bridgehead atoms. The number of hydrogen-bond acceptors (Lipinski definition) is 6. The van der Waals surface area contributed by atoms with Crippen molar-refractivity contribution in [2.45, 2.75) is 31.3 Å². The summed E-state index contributed by atoms with van der Waals surface area (Å²) in [5, 5.41) is 21.8. The normalized spacial score (nSPS) is 26.0. The number of ether oxygens (including phenoxy) is 1. The molecule has 162 valence electrons. The topological polar surface area (TPSA) is 119 Å². The lowest BCUT2D eigenvalue weighted by atomic mass is 10.1. The average Bonchev–Trinajstić information content (AvgIpc) is 3.13. The quantitative estimate of drug-likeness (QED) is 0.762. The molecule has 9 nitrogen and oxygen atoms in total. The Labute approximate surface area is 178 Å². The van der Waals surface area contributed by atoms with Crippen LogP contribution in [0.4, 0.5) is 14.9 Å². The van der Waals surface area contributed by atoms with Crippen LogP contribution in [0.3, 0.4) is 0 Å². The third kappa shape index (κ3) is 4.09. The highest BCUT2D eigenvalue weighted by molar-refractivity contribution is 5.95. The Kier molecular flexibility index (Phi) is 5.61. The number of alkyl halides is 1. The molecular formula is C21H22FN5O4. The first-order valence-electron chi connectivity index (χ1n) is 9.98. The van der Waals surface area contributed by atoms with Crippen LogP contribution in [0.25, 0.3) is 10.9 Å². The zero-order valence-corrected chi connectivity index (χ0v) is 16.9. The van der Waals surface area contributed by atoms with Crippen molar-refractivity contribution in [3.05, 3.63) is 36.0 Å². The summed E-state index contributed by atoms with van der Waals surface area (Å²) >= 11 is 0. The number of carbonyl (C=O) groups excluding carboxylic acids is 1. The highest BCUT2D eigenvalue weighted by Crippen LogP contribution is 2.30. The second kappa shape index (κ2) is 8.35. The number of halogens is 1. The van der Waals surface area contributed by atoms with Crippen molar-refractivity contribution in [1.82, 2.24) is 15.2 Å². The van der Waals surface area contributed by atoms with Crippen molar-refractivity contribution in [3.63, 3.8) is 0 Å². The highest BCUT2D eigenvalue weighted by atomic mass is 19.1. The molecule has 0 aliphatic carbocycles. The number of nitrogens with one attached hydrogen (secondary N) is 1. The number of pyridine rings is 1. The molecule has 2 N–H and O–H groups in total. The largest absolute Gasteiger partial charge is 0.465 e. The summed E-state index contributed by atoms with van der Waals surface area (Å²) in [5.74, 6) is -0.479. The fraction of sp³-hybridized carbons (Fsp3) is 0.429. The molecule has 2 amide bonds. The van der Waals surface area contributed by atoms with Gasteiger partial charge < -0.3 is 25.0 Å². The Hall–Kier alpha value is -3.45. The molecule has 2 unspecified atom stereocenters. The fourth-order valence-corrected chi connectivity index (χ4v) is 4.15. The molecule has 2 saturated heterocycles. The molecule has 0 saturated carbocycles. The lowest BCUT2D eigenvalue weighted by molar-refractivity contribution is -0.138. The molecule has 31 heavy (non-hydrogen) atoms. The first-order chi connectivity index (χ1) is 14.9. The maximum absolute atomic E-state index is 14.2. The first-order valence-corrected chi connectivity index (χ1v) is 9.98. The number of nitrogens with zero attached hydrogens (tertiary/aromatic N) is 4.